The molecule has 0 aliphatic carbocycles. The third-order valence-electron chi connectivity index (χ3n) is 3.53. The average Bonchev–Trinajstić information content (AvgIpc) is 2.84. The van der Waals surface area contributed by atoms with Crippen molar-refractivity contribution in [1.29, 1.82) is 0 Å². The zero-order chi connectivity index (χ0) is 15.6. The summed E-state index contributed by atoms with van der Waals surface area (Å²) in [6, 6.07) is 2.18. The van der Waals surface area contributed by atoms with Gasteiger partial charge >= 0.3 is 6.18 Å². The molecule has 1 aromatic heterocycles. The molecule has 0 bridgehead atoms. The Kier molecular flexibility index (Phi) is 4.58. The second-order valence-electron chi connectivity index (χ2n) is 5.49. The molecule has 3 N–H and O–H groups in total. The highest BCUT2D eigenvalue weighted by Gasteiger charge is 2.34. The average molecular weight is 303 g/mol. The lowest BCUT2D eigenvalue weighted by Crippen LogP contribution is -2.38. The Morgan fingerprint density at radius 3 is 2.71 bits per heavy atom. The van der Waals surface area contributed by atoms with Crippen LogP contribution < -0.4 is 16.2 Å². The maximum atomic E-state index is 13.0. The first kappa shape index (κ1) is 15.8. The zero-order valence-electron chi connectivity index (χ0n) is 12.1. The summed E-state index contributed by atoms with van der Waals surface area (Å²) < 4.78 is 38.9. The number of rotatable bonds is 4. The number of alkyl halides is 3. The van der Waals surface area contributed by atoms with Crippen molar-refractivity contribution >= 4 is 11.6 Å². The molecule has 0 aromatic carbocycles. The molecule has 1 aliphatic rings. The molecular formula is C13H20F3N5. The SMILES string of the molecule is CN(C)CC1CCCN1c1cc(C(F)(F)F)cc(NN)n1. The van der Waals surface area contributed by atoms with Crippen molar-refractivity contribution in [2.24, 2.45) is 5.84 Å². The normalized spacial score (nSPS) is 19.4. The molecular weight excluding hydrogens is 283 g/mol. The van der Waals surface area contributed by atoms with Gasteiger partial charge in [0, 0.05) is 19.1 Å². The van der Waals surface area contributed by atoms with Crippen LogP contribution in [0.2, 0.25) is 0 Å². The van der Waals surface area contributed by atoms with E-state index in [4.69, 9.17) is 5.84 Å². The summed E-state index contributed by atoms with van der Waals surface area (Å²) in [5.74, 6) is 5.58. The van der Waals surface area contributed by atoms with Crippen LogP contribution in [0.1, 0.15) is 18.4 Å². The van der Waals surface area contributed by atoms with Crippen LogP contribution in [0.15, 0.2) is 12.1 Å². The van der Waals surface area contributed by atoms with E-state index in [1.807, 2.05) is 23.9 Å². The van der Waals surface area contributed by atoms with Crippen LogP contribution in [0.5, 0.6) is 0 Å². The predicted molar refractivity (Wildman–Crippen MR) is 76.0 cm³/mol. The zero-order valence-corrected chi connectivity index (χ0v) is 12.1. The van der Waals surface area contributed by atoms with Gasteiger partial charge < -0.3 is 15.2 Å². The molecule has 1 fully saturated rings. The summed E-state index contributed by atoms with van der Waals surface area (Å²) in [5, 5.41) is 0. The van der Waals surface area contributed by atoms with E-state index in [1.165, 1.54) is 0 Å². The summed E-state index contributed by atoms with van der Waals surface area (Å²) in [7, 11) is 3.89. The molecule has 0 saturated carbocycles. The first-order valence-corrected chi connectivity index (χ1v) is 6.78. The highest BCUT2D eigenvalue weighted by molar-refractivity contribution is 5.52. The third kappa shape index (κ3) is 3.76. The minimum atomic E-state index is -4.42. The lowest BCUT2D eigenvalue weighted by atomic mass is 10.2. The molecule has 2 rings (SSSR count). The minimum absolute atomic E-state index is 0.0235. The van der Waals surface area contributed by atoms with Crippen molar-refractivity contribution < 1.29 is 13.2 Å². The number of nitrogens with two attached hydrogens (primary N) is 1. The van der Waals surface area contributed by atoms with Crippen LogP contribution in [-0.4, -0.2) is 43.1 Å². The Balaban J connectivity index is 2.33. The molecule has 2 heterocycles. The van der Waals surface area contributed by atoms with Crippen molar-refractivity contribution in [3.8, 4) is 0 Å². The van der Waals surface area contributed by atoms with Gasteiger partial charge in [-0.05, 0) is 39.1 Å². The number of hydrazine groups is 1. The number of nitrogen functional groups attached to an aromatic ring is 1. The number of aromatic nitrogens is 1. The van der Waals surface area contributed by atoms with E-state index >= 15 is 0 Å². The van der Waals surface area contributed by atoms with Crippen molar-refractivity contribution in [1.82, 2.24) is 9.88 Å². The van der Waals surface area contributed by atoms with Gasteiger partial charge in [0.2, 0.25) is 0 Å². The van der Waals surface area contributed by atoms with Gasteiger partial charge in [-0.1, -0.05) is 0 Å². The number of halogens is 3. The van der Waals surface area contributed by atoms with Crippen LogP contribution in [0.3, 0.4) is 0 Å². The molecule has 0 spiro atoms. The predicted octanol–water partition coefficient (Wildman–Crippen LogP) is 1.92. The topological polar surface area (TPSA) is 57.4 Å². The van der Waals surface area contributed by atoms with Crippen molar-refractivity contribution in [2.75, 3.05) is 37.5 Å². The second-order valence-corrected chi connectivity index (χ2v) is 5.49. The van der Waals surface area contributed by atoms with Crippen molar-refractivity contribution in [2.45, 2.75) is 25.1 Å². The Labute approximate surface area is 121 Å². The van der Waals surface area contributed by atoms with Crippen LogP contribution in [0.25, 0.3) is 0 Å². The molecule has 118 valence electrons. The molecule has 1 aromatic rings. The van der Waals surface area contributed by atoms with E-state index in [9.17, 15) is 13.2 Å². The quantitative estimate of drug-likeness (QED) is 0.657. The lowest BCUT2D eigenvalue weighted by Gasteiger charge is -2.28. The van der Waals surface area contributed by atoms with E-state index in [1.54, 1.807) is 0 Å². The molecule has 1 aliphatic heterocycles. The Bertz CT molecular complexity index is 489. The van der Waals surface area contributed by atoms with E-state index in [-0.39, 0.29) is 11.9 Å². The number of anilines is 2. The first-order valence-electron chi connectivity index (χ1n) is 6.78. The largest absolute Gasteiger partial charge is 0.416 e. The number of nitrogens with one attached hydrogen (secondary N) is 1. The smallest absolute Gasteiger partial charge is 0.352 e. The number of likely N-dealkylation sites (N-methyl/N-ethyl adjacent to an activating group) is 1. The van der Waals surface area contributed by atoms with Gasteiger partial charge in [0.1, 0.15) is 11.6 Å². The number of nitrogens with zero attached hydrogens (tertiary/aromatic N) is 3. The Morgan fingerprint density at radius 1 is 1.43 bits per heavy atom. The summed E-state index contributed by atoms with van der Waals surface area (Å²) in [6.07, 6.45) is -2.52. The second kappa shape index (κ2) is 6.07. The van der Waals surface area contributed by atoms with Crippen LogP contribution in [0, 0.1) is 0 Å². The molecule has 1 atom stereocenters. The standard InChI is InChI=1S/C13H20F3N5/c1-20(2)8-10-4-3-5-21(10)12-7-9(13(14,15)16)6-11(18-12)19-17/h6-7,10H,3-5,8,17H2,1-2H3,(H,18,19). The van der Waals surface area contributed by atoms with Gasteiger partial charge in [0.05, 0.1) is 5.56 Å². The first-order chi connectivity index (χ1) is 9.81. The van der Waals surface area contributed by atoms with E-state index in [2.05, 4.69) is 10.4 Å². The van der Waals surface area contributed by atoms with Gasteiger partial charge in [0.15, 0.2) is 0 Å². The molecule has 1 saturated heterocycles. The fraction of sp³-hybridized carbons (Fsp3) is 0.615. The molecule has 1 unspecified atom stereocenters. The van der Waals surface area contributed by atoms with Crippen LogP contribution >= 0.6 is 0 Å². The summed E-state index contributed by atoms with van der Waals surface area (Å²) >= 11 is 0. The summed E-state index contributed by atoms with van der Waals surface area (Å²) in [6.45, 7) is 1.49. The van der Waals surface area contributed by atoms with Gasteiger partial charge in [-0.2, -0.15) is 13.2 Å². The third-order valence-corrected chi connectivity index (χ3v) is 3.53. The highest BCUT2D eigenvalue weighted by Crippen LogP contribution is 2.34. The van der Waals surface area contributed by atoms with E-state index in [0.717, 1.165) is 31.5 Å². The van der Waals surface area contributed by atoms with Gasteiger partial charge in [-0.15, -0.1) is 0 Å². The fourth-order valence-corrected chi connectivity index (χ4v) is 2.65. The number of hydrogen-bond donors (Lipinski definition) is 2. The van der Waals surface area contributed by atoms with Gasteiger partial charge in [-0.3, -0.25) is 0 Å². The van der Waals surface area contributed by atoms with Crippen LogP contribution in [-0.2, 0) is 6.18 Å². The van der Waals surface area contributed by atoms with Gasteiger partial charge in [-0.25, -0.2) is 10.8 Å². The maximum Gasteiger partial charge on any atom is 0.416 e. The molecule has 5 nitrogen and oxygen atoms in total. The molecule has 21 heavy (non-hydrogen) atoms. The number of pyridine rings is 1. The Hall–Kier alpha value is -1.54. The fourth-order valence-electron chi connectivity index (χ4n) is 2.65. The lowest BCUT2D eigenvalue weighted by molar-refractivity contribution is -0.137. The van der Waals surface area contributed by atoms with E-state index < -0.39 is 11.7 Å². The molecule has 8 heteroatoms. The molecule has 0 amide bonds. The maximum absolute atomic E-state index is 13.0. The summed E-state index contributed by atoms with van der Waals surface area (Å²) in [4.78, 5) is 8.13. The van der Waals surface area contributed by atoms with E-state index in [0.29, 0.717) is 12.4 Å². The highest BCUT2D eigenvalue weighted by atomic mass is 19.4. The summed E-state index contributed by atoms with van der Waals surface area (Å²) in [5.41, 5.74) is 1.47. The monoisotopic (exact) mass is 303 g/mol. The Morgan fingerprint density at radius 2 is 2.14 bits per heavy atom. The van der Waals surface area contributed by atoms with Gasteiger partial charge in [0.25, 0.3) is 0 Å². The van der Waals surface area contributed by atoms with Crippen LogP contribution in [0.4, 0.5) is 24.8 Å². The van der Waals surface area contributed by atoms with Crippen molar-refractivity contribution in [3.63, 3.8) is 0 Å². The number of hydrogen-bond acceptors (Lipinski definition) is 5. The molecule has 0 radical (unpaired) electrons. The van der Waals surface area contributed by atoms with Crippen molar-refractivity contribution in [3.05, 3.63) is 17.7 Å². The minimum Gasteiger partial charge on any atom is -0.352 e.